The highest BCUT2D eigenvalue weighted by Crippen LogP contribution is 2.34. The summed E-state index contributed by atoms with van der Waals surface area (Å²) >= 11 is 0. The quantitative estimate of drug-likeness (QED) is 0.645. The maximum Gasteiger partial charge on any atom is 0.321 e. The Labute approximate surface area is 86.7 Å². The smallest absolute Gasteiger partial charge is 0.321 e. The van der Waals surface area contributed by atoms with Crippen molar-refractivity contribution < 1.29 is 9.59 Å². The lowest BCUT2D eigenvalue weighted by atomic mass is 9.96. The lowest BCUT2D eigenvalue weighted by Gasteiger charge is -2.25. The van der Waals surface area contributed by atoms with Crippen molar-refractivity contribution in [3.05, 3.63) is 35.4 Å². The standard InChI is InChI=1S/C11H10N2O2/c14-10-9-7-4-2-1-3-6(7)5-8(9)12-11(15)13-10/h1-4,8-9H,5H2,(H2,12,13,14,15). The summed E-state index contributed by atoms with van der Waals surface area (Å²) in [6, 6.07) is 7.39. The van der Waals surface area contributed by atoms with E-state index < -0.39 is 0 Å². The summed E-state index contributed by atoms with van der Waals surface area (Å²) in [6.07, 6.45) is 0.750. The lowest BCUT2D eigenvalue weighted by molar-refractivity contribution is -0.122. The van der Waals surface area contributed by atoms with Crippen molar-refractivity contribution in [1.82, 2.24) is 10.6 Å². The van der Waals surface area contributed by atoms with Gasteiger partial charge in [0.25, 0.3) is 0 Å². The molecule has 0 bridgehead atoms. The minimum atomic E-state index is -0.381. The third-order valence-electron chi connectivity index (χ3n) is 3.07. The first-order chi connectivity index (χ1) is 7.25. The van der Waals surface area contributed by atoms with E-state index in [0.717, 1.165) is 17.5 Å². The van der Waals surface area contributed by atoms with Gasteiger partial charge in [-0.25, -0.2) is 4.79 Å². The number of nitrogens with one attached hydrogen (secondary N) is 2. The number of urea groups is 1. The molecule has 0 radical (unpaired) electrons. The summed E-state index contributed by atoms with van der Waals surface area (Å²) in [7, 11) is 0. The Balaban J connectivity index is 2.06. The van der Waals surface area contributed by atoms with Gasteiger partial charge in [-0.1, -0.05) is 24.3 Å². The number of hydrogen-bond donors (Lipinski definition) is 2. The van der Waals surface area contributed by atoms with Crippen LogP contribution in [0.15, 0.2) is 24.3 Å². The first kappa shape index (κ1) is 8.47. The molecular formula is C11H10N2O2. The van der Waals surface area contributed by atoms with Gasteiger partial charge in [-0.15, -0.1) is 0 Å². The Morgan fingerprint density at radius 2 is 2.00 bits per heavy atom. The van der Waals surface area contributed by atoms with E-state index in [9.17, 15) is 9.59 Å². The van der Waals surface area contributed by atoms with E-state index in [-0.39, 0.29) is 23.9 Å². The summed E-state index contributed by atoms with van der Waals surface area (Å²) in [5, 5.41) is 5.09. The zero-order valence-electron chi connectivity index (χ0n) is 7.99. The maximum absolute atomic E-state index is 11.7. The number of benzene rings is 1. The molecule has 0 saturated carbocycles. The highest BCUT2D eigenvalue weighted by atomic mass is 16.2. The van der Waals surface area contributed by atoms with Crippen LogP contribution in [-0.2, 0) is 11.2 Å². The lowest BCUT2D eigenvalue weighted by Crippen LogP contribution is -2.55. The van der Waals surface area contributed by atoms with Crippen LogP contribution in [0.5, 0.6) is 0 Å². The molecule has 2 unspecified atom stereocenters. The van der Waals surface area contributed by atoms with Crippen LogP contribution in [0.25, 0.3) is 0 Å². The molecule has 76 valence electrons. The van der Waals surface area contributed by atoms with Crippen LogP contribution in [0.2, 0.25) is 0 Å². The second-order valence-corrected chi connectivity index (χ2v) is 3.95. The van der Waals surface area contributed by atoms with E-state index in [0.29, 0.717) is 0 Å². The summed E-state index contributed by atoms with van der Waals surface area (Å²) < 4.78 is 0. The van der Waals surface area contributed by atoms with E-state index >= 15 is 0 Å². The summed E-state index contributed by atoms with van der Waals surface area (Å²) in [5.41, 5.74) is 2.20. The molecule has 15 heavy (non-hydrogen) atoms. The van der Waals surface area contributed by atoms with Crippen molar-refractivity contribution in [2.45, 2.75) is 18.4 Å². The number of amides is 3. The number of imide groups is 1. The molecule has 1 saturated heterocycles. The van der Waals surface area contributed by atoms with Gasteiger partial charge in [0.2, 0.25) is 5.91 Å². The largest absolute Gasteiger partial charge is 0.334 e. The van der Waals surface area contributed by atoms with Crippen LogP contribution in [-0.4, -0.2) is 18.0 Å². The van der Waals surface area contributed by atoms with Gasteiger partial charge >= 0.3 is 6.03 Å². The number of rotatable bonds is 0. The fraction of sp³-hybridized carbons (Fsp3) is 0.273. The molecule has 0 spiro atoms. The average molecular weight is 202 g/mol. The molecule has 1 fully saturated rings. The molecule has 0 aromatic heterocycles. The van der Waals surface area contributed by atoms with Gasteiger partial charge in [0.1, 0.15) is 0 Å². The van der Waals surface area contributed by atoms with Crippen molar-refractivity contribution in [3.63, 3.8) is 0 Å². The topological polar surface area (TPSA) is 58.2 Å². The minimum Gasteiger partial charge on any atom is -0.334 e. The molecular weight excluding hydrogens is 192 g/mol. The van der Waals surface area contributed by atoms with E-state index in [1.54, 1.807) is 0 Å². The predicted octanol–water partition coefficient (Wildman–Crippen LogP) is 0.534. The fourth-order valence-electron chi connectivity index (χ4n) is 2.45. The number of hydrogen-bond acceptors (Lipinski definition) is 2. The van der Waals surface area contributed by atoms with Crippen LogP contribution >= 0.6 is 0 Å². The molecule has 4 nitrogen and oxygen atoms in total. The molecule has 2 atom stereocenters. The number of fused-ring (bicyclic) bond motifs is 3. The Kier molecular flexibility index (Phi) is 1.59. The third kappa shape index (κ3) is 1.14. The molecule has 1 aliphatic heterocycles. The zero-order chi connectivity index (χ0) is 10.4. The van der Waals surface area contributed by atoms with Crippen molar-refractivity contribution in [1.29, 1.82) is 0 Å². The van der Waals surface area contributed by atoms with Crippen molar-refractivity contribution in [3.8, 4) is 0 Å². The minimum absolute atomic E-state index is 0.0661. The fourth-order valence-corrected chi connectivity index (χ4v) is 2.45. The summed E-state index contributed by atoms with van der Waals surface area (Å²) in [4.78, 5) is 22.8. The van der Waals surface area contributed by atoms with Crippen molar-refractivity contribution >= 4 is 11.9 Å². The van der Waals surface area contributed by atoms with E-state index in [1.807, 2.05) is 24.3 Å². The van der Waals surface area contributed by atoms with Gasteiger partial charge in [-0.05, 0) is 17.5 Å². The normalized spacial score (nSPS) is 27.7. The number of carbonyl (C=O) groups excluding carboxylic acids is 2. The van der Waals surface area contributed by atoms with Crippen LogP contribution in [0.4, 0.5) is 4.79 Å². The first-order valence-corrected chi connectivity index (χ1v) is 4.95. The molecule has 4 heteroatoms. The maximum atomic E-state index is 11.7. The second-order valence-electron chi connectivity index (χ2n) is 3.95. The SMILES string of the molecule is O=C1NC(=O)C2c3ccccc3CC2N1. The molecule has 1 aliphatic carbocycles. The Morgan fingerprint density at radius 1 is 1.20 bits per heavy atom. The Morgan fingerprint density at radius 3 is 2.87 bits per heavy atom. The zero-order valence-corrected chi connectivity index (χ0v) is 7.99. The van der Waals surface area contributed by atoms with Crippen LogP contribution in [0, 0.1) is 0 Å². The average Bonchev–Trinajstić information content (AvgIpc) is 2.54. The van der Waals surface area contributed by atoms with Gasteiger partial charge in [0.15, 0.2) is 0 Å². The monoisotopic (exact) mass is 202 g/mol. The molecule has 3 rings (SSSR count). The molecule has 1 aromatic rings. The van der Waals surface area contributed by atoms with Crippen LogP contribution in [0.1, 0.15) is 17.0 Å². The highest BCUT2D eigenvalue weighted by molar-refractivity contribution is 6.01. The molecule has 3 amide bonds. The van der Waals surface area contributed by atoms with Crippen molar-refractivity contribution in [2.75, 3.05) is 0 Å². The van der Waals surface area contributed by atoms with Gasteiger partial charge in [0, 0.05) is 0 Å². The highest BCUT2D eigenvalue weighted by Gasteiger charge is 2.41. The van der Waals surface area contributed by atoms with Crippen LogP contribution in [0.3, 0.4) is 0 Å². The second kappa shape index (κ2) is 2.82. The molecule has 2 N–H and O–H groups in total. The first-order valence-electron chi connectivity index (χ1n) is 4.95. The summed E-state index contributed by atoms with van der Waals surface area (Å²) in [6.45, 7) is 0. The van der Waals surface area contributed by atoms with Gasteiger partial charge in [-0.2, -0.15) is 0 Å². The van der Waals surface area contributed by atoms with E-state index in [4.69, 9.17) is 0 Å². The van der Waals surface area contributed by atoms with E-state index in [2.05, 4.69) is 10.6 Å². The molecule has 1 aromatic carbocycles. The Hall–Kier alpha value is -1.84. The van der Waals surface area contributed by atoms with E-state index in [1.165, 1.54) is 0 Å². The van der Waals surface area contributed by atoms with Crippen LogP contribution < -0.4 is 10.6 Å². The predicted molar refractivity (Wildman–Crippen MR) is 53.3 cm³/mol. The van der Waals surface area contributed by atoms with Gasteiger partial charge in [-0.3, -0.25) is 10.1 Å². The molecule has 2 aliphatic rings. The summed E-state index contributed by atoms with van der Waals surface area (Å²) in [5.74, 6) is -0.396. The Bertz CT molecular complexity index is 456. The number of carbonyl (C=O) groups is 2. The van der Waals surface area contributed by atoms with Gasteiger partial charge in [0.05, 0.1) is 12.0 Å². The molecule has 1 heterocycles. The van der Waals surface area contributed by atoms with Crippen molar-refractivity contribution in [2.24, 2.45) is 0 Å². The van der Waals surface area contributed by atoms with Gasteiger partial charge < -0.3 is 5.32 Å². The third-order valence-corrected chi connectivity index (χ3v) is 3.07.